The molecular weight excluding hydrogens is 224 g/mol. The molecule has 0 bridgehead atoms. The fourth-order valence-corrected chi connectivity index (χ4v) is 2.63. The van der Waals surface area contributed by atoms with Crippen molar-refractivity contribution in [1.82, 2.24) is 20.0 Å². The molecule has 0 saturated carbocycles. The molecular formula is C14H26N4. The Morgan fingerprint density at radius 2 is 2.44 bits per heavy atom. The topological polar surface area (TPSA) is 33.1 Å². The Hall–Kier alpha value is -0.870. The van der Waals surface area contributed by atoms with Gasteiger partial charge in [-0.05, 0) is 38.4 Å². The molecule has 102 valence electrons. The van der Waals surface area contributed by atoms with Crippen LogP contribution in [0.1, 0.15) is 38.3 Å². The molecule has 1 aromatic rings. The fourth-order valence-electron chi connectivity index (χ4n) is 2.63. The van der Waals surface area contributed by atoms with Crippen LogP contribution >= 0.6 is 0 Å². The Kier molecular flexibility index (Phi) is 5.20. The lowest BCUT2D eigenvalue weighted by Crippen LogP contribution is -2.38. The monoisotopic (exact) mass is 250 g/mol. The van der Waals surface area contributed by atoms with E-state index >= 15 is 0 Å². The van der Waals surface area contributed by atoms with Gasteiger partial charge in [0.05, 0.1) is 5.69 Å². The SMILES string of the molecule is CCCCN(Cc1ccnn1C)CC1CCCN1. The zero-order valence-electron chi connectivity index (χ0n) is 11.7. The van der Waals surface area contributed by atoms with Crippen molar-refractivity contribution >= 4 is 0 Å². The standard InChI is InChI=1S/C14H26N4/c1-3-4-10-18(11-13-6-5-8-15-13)12-14-7-9-16-17(14)2/h7,9,13,15H,3-6,8,10-12H2,1-2H3. The maximum atomic E-state index is 4.26. The summed E-state index contributed by atoms with van der Waals surface area (Å²) in [4.78, 5) is 2.57. The quantitative estimate of drug-likeness (QED) is 0.800. The van der Waals surface area contributed by atoms with Gasteiger partial charge in [-0.3, -0.25) is 9.58 Å². The molecule has 1 aromatic heterocycles. The van der Waals surface area contributed by atoms with Gasteiger partial charge in [0, 0.05) is 32.4 Å². The zero-order chi connectivity index (χ0) is 12.8. The van der Waals surface area contributed by atoms with E-state index in [9.17, 15) is 0 Å². The van der Waals surface area contributed by atoms with E-state index in [-0.39, 0.29) is 0 Å². The van der Waals surface area contributed by atoms with Crippen LogP contribution < -0.4 is 5.32 Å². The Bertz CT molecular complexity index is 341. The highest BCUT2D eigenvalue weighted by atomic mass is 15.3. The van der Waals surface area contributed by atoms with Crippen LogP contribution in [0.2, 0.25) is 0 Å². The molecule has 18 heavy (non-hydrogen) atoms. The third kappa shape index (κ3) is 3.82. The molecule has 1 N–H and O–H groups in total. The van der Waals surface area contributed by atoms with Gasteiger partial charge in [0.2, 0.25) is 0 Å². The molecule has 1 aliphatic rings. The van der Waals surface area contributed by atoms with E-state index in [0.717, 1.165) is 6.54 Å². The van der Waals surface area contributed by atoms with Gasteiger partial charge in [-0.2, -0.15) is 5.10 Å². The second-order valence-electron chi connectivity index (χ2n) is 5.33. The van der Waals surface area contributed by atoms with E-state index in [4.69, 9.17) is 0 Å². The molecule has 4 nitrogen and oxygen atoms in total. The molecule has 1 atom stereocenters. The van der Waals surface area contributed by atoms with Crippen LogP contribution in [-0.4, -0.2) is 40.4 Å². The molecule has 4 heteroatoms. The second kappa shape index (κ2) is 6.90. The normalized spacial score (nSPS) is 19.8. The number of nitrogens with zero attached hydrogens (tertiary/aromatic N) is 3. The van der Waals surface area contributed by atoms with Crippen molar-refractivity contribution in [3.8, 4) is 0 Å². The number of aromatic nitrogens is 2. The number of hydrogen-bond acceptors (Lipinski definition) is 3. The number of aryl methyl sites for hydroxylation is 1. The van der Waals surface area contributed by atoms with Crippen molar-refractivity contribution in [3.63, 3.8) is 0 Å². The van der Waals surface area contributed by atoms with Crippen molar-refractivity contribution in [1.29, 1.82) is 0 Å². The first kappa shape index (κ1) is 13.6. The van der Waals surface area contributed by atoms with Gasteiger partial charge in [0.25, 0.3) is 0 Å². The maximum absolute atomic E-state index is 4.26. The Balaban J connectivity index is 1.89. The summed E-state index contributed by atoms with van der Waals surface area (Å²) in [6.45, 7) is 6.84. The molecule has 1 aliphatic heterocycles. The summed E-state index contributed by atoms with van der Waals surface area (Å²) < 4.78 is 1.99. The van der Waals surface area contributed by atoms with E-state index in [0.29, 0.717) is 6.04 Å². The molecule has 0 aromatic carbocycles. The van der Waals surface area contributed by atoms with Gasteiger partial charge >= 0.3 is 0 Å². The summed E-state index contributed by atoms with van der Waals surface area (Å²) in [5.41, 5.74) is 1.31. The van der Waals surface area contributed by atoms with Crippen molar-refractivity contribution < 1.29 is 0 Å². The average Bonchev–Trinajstić information content (AvgIpc) is 2.99. The Labute approximate surface area is 110 Å². The fraction of sp³-hybridized carbons (Fsp3) is 0.786. The predicted octanol–water partition coefficient (Wildman–Crippen LogP) is 1.77. The molecule has 0 aliphatic carbocycles. The molecule has 1 saturated heterocycles. The van der Waals surface area contributed by atoms with Crippen molar-refractivity contribution in [2.24, 2.45) is 7.05 Å². The third-order valence-electron chi connectivity index (χ3n) is 3.78. The number of unbranched alkanes of at least 4 members (excludes halogenated alkanes) is 1. The minimum atomic E-state index is 0.690. The molecule has 2 rings (SSSR count). The van der Waals surface area contributed by atoms with Gasteiger partial charge < -0.3 is 5.32 Å². The van der Waals surface area contributed by atoms with Gasteiger partial charge in [0.1, 0.15) is 0 Å². The molecule has 0 radical (unpaired) electrons. The van der Waals surface area contributed by atoms with E-state index in [1.165, 1.54) is 51.0 Å². The smallest absolute Gasteiger partial charge is 0.0521 e. The second-order valence-corrected chi connectivity index (χ2v) is 5.33. The lowest BCUT2D eigenvalue weighted by molar-refractivity contribution is 0.232. The Morgan fingerprint density at radius 3 is 3.06 bits per heavy atom. The predicted molar refractivity (Wildman–Crippen MR) is 74.4 cm³/mol. The maximum Gasteiger partial charge on any atom is 0.0521 e. The minimum Gasteiger partial charge on any atom is -0.313 e. The van der Waals surface area contributed by atoms with E-state index < -0.39 is 0 Å². The lowest BCUT2D eigenvalue weighted by Gasteiger charge is -2.25. The first-order valence-electron chi connectivity index (χ1n) is 7.22. The summed E-state index contributed by atoms with van der Waals surface area (Å²) in [6, 6.07) is 2.82. The first-order chi connectivity index (χ1) is 8.79. The summed E-state index contributed by atoms with van der Waals surface area (Å²) in [5.74, 6) is 0. The van der Waals surface area contributed by atoms with Crippen LogP contribution in [0, 0.1) is 0 Å². The average molecular weight is 250 g/mol. The zero-order valence-corrected chi connectivity index (χ0v) is 11.7. The molecule has 2 heterocycles. The highest BCUT2D eigenvalue weighted by molar-refractivity contribution is 5.00. The number of rotatable bonds is 7. The summed E-state index contributed by atoms with van der Waals surface area (Å²) in [6.07, 6.45) is 7.09. The van der Waals surface area contributed by atoms with Gasteiger partial charge in [-0.1, -0.05) is 13.3 Å². The summed E-state index contributed by atoms with van der Waals surface area (Å²) in [5, 5.41) is 7.85. The highest BCUT2D eigenvalue weighted by Gasteiger charge is 2.18. The van der Waals surface area contributed by atoms with Crippen LogP contribution in [0.3, 0.4) is 0 Å². The van der Waals surface area contributed by atoms with Crippen molar-refractivity contribution in [2.45, 2.75) is 45.2 Å². The number of hydrogen-bond donors (Lipinski definition) is 1. The van der Waals surface area contributed by atoms with Crippen molar-refractivity contribution in [2.75, 3.05) is 19.6 Å². The molecule has 1 unspecified atom stereocenters. The third-order valence-corrected chi connectivity index (χ3v) is 3.78. The molecule has 1 fully saturated rings. The van der Waals surface area contributed by atoms with Gasteiger partial charge in [-0.15, -0.1) is 0 Å². The largest absolute Gasteiger partial charge is 0.313 e. The Morgan fingerprint density at radius 1 is 1.56 bits per heavy atom. The summed E-state index contributed by atoms with van der Waals surface area (Å²) in [7, 11) is 2.03. The lowest BCUT2D eigenvalue weighted by atomic mass is 10.2. The summed E-state index contributed by atoms with van der Waals surface area (Å²) >= 11 is 0. The van der Waals surface area contributed by atoms with Gasteiger partial charge in [0.15, 0.2) is 0 Å². The van der Waals surface area contributed by atoms with E-state index in [1.807, 2.05) is 17.9 Å². The van der Waals surface area contributed by atoms with Crippen LogP contribution in [0.15, 0.2) is 12.3 Å². The molecule has 0 spiro atoms. The van der Waals surface area contributed by atoms with Crippen LogP contribution in [0.4, 0.5) is 0 Å². The highest BCUT2D eigenvalue weighted by Crippen LogP contribution is 2.11. The van der Waals surface area contributed by atoms with E-state index in [1.54, 1.807) is 0 Å². The number of nitrogens with one attached hydrogen (secondary N) is 1. The molecule has 0 amide bonds. The first-order valence-corrected chi connectivity index (χ1v) is 7.22. The van der Waals surface area contributed by atoms with Crippen LogP contribution in [0.25, 0.3) is 0 Å². The minimum absolute atomic E-state index is 0.690. The van der Waals surface area contributed by atoms with Crippen molar-refractivity contribution in [3.05, 3.63) is 18.0 Å². The van der Waals surface area contributed by atoms with Crippen LogP contribution in [0.5, 0.6) is 0 Å². The van der Waals surface area contributed by atoms with Gasteiger partial charge in [-0.25, -0.2) is 0 Å². The van der Waals surface area contributed by atoms with Crippen LogP contribution in [-0.2, 0) is 13.6 Å². The van der Waals surface area contributed by atoms with E-state index in [2.05, 4.69) is 28.3 Å².